The quantitative estimate of drug-likeness (QED) is 0.928. The van der Waals surface area contributed by atoms with Gasteiger partial charge in [-0.15, -0.1) is 0 Å². The smallest absolute Gasteiger partial charge is 0.282 e. The molecule has 2 rings (SSSR count). The molecule has 16 heavy (non-hydrogen) atoms. The third kappa shape index (κ3) is 2.43. The van der Waals surface area contributed by atoms with Gasteiger partial charge in [-0.25, -0.2) is 5.10 Å². The van der Waals surface area contributed by atoms with Crippen molar-refractivity contribution in [3.63, 3.8) is 0 Å². The molecule has 2 aromatic rings. The van der Waals surface area contributed by atoms with Gasteiger partial charge in [-0.05, 0) is 40.2 Å². The van der Waals surface area contributed by atoms with Crippen molar-refractivity contribution in [2.75, 3.05) is 0 Å². The van der Waals surface area contributed by atoms with Crippen LogP contribution in [0.15, 0.2) is 39.7 Å². The van der Waals surface area contributed by atoms with Crippen LogP contribution in [0.5, 0.6) is 11.5 Å². The third-order valence-corrected chi connectivity index (χ3v) is 2.81. The zero-order valence-electron chi connectivity index (χ0n) is 7.91. The number of halogens is 2. The van der Waals surface area contributed by atoms with Crippen molar-refractivity contribution in [3.8, 4) is 11.5 Å². The summed E-state index contributed by atoms with van der Waals surface area (Å²) in [6.45, 7) is 0. The molecule has 0 atom stereocenters. The number of benzene rings is 1. The molecular formula is C10H6BrClN2O2. The number of aromatic amines is 1. The first-order chi connectivity index (χ1) is 7.66. The van der Waals surface area contributed by atoms with Gasteiger partial charge in [0.25, 0.3) is 5.56 Å². The van der Waals surface area contributed by atoms with E-state index in [1.54, 1.807) is 24.3 Å². The summed E-state index contributed by atoms with van der Waals surface area (Å²) in [5, 5.41) is 6.54. The van der Waals surface area contributed by atoms with Gasteiger partial charge < -0.3 is 4.74 Å². The normalized spacial score (nSPS) is 10.1. The highest BCUT2D eigenvalue weighted by molar-refractivity contribution is 9.10. The Bertz CT molecular complexity index is 553. The molecule has 1 aromatic heterocycles. The van der Waals surface area contributed by atoms with Crippen LogP contribution in [0.25, 0.3) is 0 Å². The molecule has 1 N–H and O–H groups in total. The molecule has 0 spiro atoms. The predicted octanol–water partition coefficient (Wildman–Crippen LogP) is 2.98. The largest absolute Gasteiger partial charge is 0.454 e. The zero-order valence-corrected chi connectivity index (χ0v) is 10.2. The van der Waals surface area contributed by atoms with E-state index in [2.05, 4.69) is 26.1 Å². The van der Waals surface area contributed by atoms with Crippen LogP contribution in [0.4, 0.5) is 0 Å². The highest BCUT2D eigenvalue weighted by Crippen LogP contribution is 2.26. The fourth-order valence-electron chi connectivity index (χ4n) is 1.07. The van der Waals surface area contributed by atoms with Crippen LogP contribution in [0.1, 0.15) is 0 Å². The Morgan fingerprint density at radius 1 is 1.31 bits per heavy atom. The molecule has 0 fully saturated rings. The third-order valence-electron chi connectivity index (χ3n) is 1.81. The molecule has 4 nitrogen and oxygen atoms in total. The standard InChI is InChI=1S/C10H6BrClN2O2/c11-9-8(5-13-14-10(9)15)16-7-3-1-6(12)2-4-7/h1-5H,(H,14,15). The first kappa shape index (κ1) is 11.2. The molecule has 0 amide bonds. The number of aromatic nitrogens is 2. The van der Waals surface area contributed by atoms with E-state index >= 15 is 0 Å². The molecule has 0 saturated carbocycles. The fourth-order valence-corrected chi connectivity index (χ4v) is 1.47. The second-order valence-corrected chi connectivity index (χ2v) is 4.16. The molecular weight excluding hydrogens is 295 g/mol. The molecule has 0 saturated heterocycles. The lowest BCUT2D eigenvalue weighted by Gasteiger charge is -2.05. The van der Waals surface area contributed by atoms with Gasteiger partial charge in [0.2, 0.25) is 0 Å². The molecule has 1 aromatic carbocycles. The zero-order chi connectivity index (χ0) is 11.5. The van der Waals surface area contributed by atoms with Gasteiger partial charge in [0.15, 0.2) is 5.75 Å². The number of ether oxygens (including phenoxy) is 1. The average molecular weight is 302 g/mol. The van der Waals surface area contributed by atoms with Gasteiger partial charge in [0, 0.05) is 5.02 Å². The minimum atomic E-state index is -0.341. The van der Waals surface area contributed by atoms with Crippen LogP contribution in [0.3, 0.4) is 0 Å². The summed E-state index contributed by atoms with van der Waals surface area (Å²) in [5.74, 6) is 0.934. The number of rotatable bonds is 2. The molecule has 1 heterocycles. The predicted molar refractivity (Wildman–Crippen MR) is 64.1 cm³/mol. The van der Waals surface area contributed by atoms with Crippen LogP contribution in [-0.2, 0) is 0 Å². The molecule has 0 radical (unpaired) electrons. The van der Waals surface area contributed by atoms with Crippen LogP contribution in [0, 0.1) is 0 Å². The van der Waals surface area contributed by atoms with Crippen molar-refractivity contribution in [3.05, 3.63) is 50.3 Å². The van der Waals surface area contributed by atoms with Gasteiger partial charge in [-0.1, -0.05) is 11.6 Å². The second kappa shape index (κ2) is 4.67. The summed E-state index contributed by atoms with van der Waals surface area (Å²) in [4.78, 5) is 11.2. The Balaban J connectivity index is 2.30. The Kier molecular flexibility index (Phi) is 3.26. The fraction of sp³-hybridized carbons (Fsp3) is 0. The summed E-state index contributed by atoms with van der Waals surface area (Å²) < 4.78 is 5.76. The number of nitrogens with one attached hydrogen (secondary N) is 1. The van der Waals surface area contributed by atoms with E-state index in [1.807, 2.05) is 0 Å². The minimum absolute atomic E-state index is 0.303. The van der Waals surface area contributed by atoms with Crippen LogP contribution in [0.2, 0.25) is 5.02 Å². The maximum Gasteiger partial charge on any atom is 0.282 e. The van der Waals surface area contributed by atoms with Crippen LogP contribution in [-0.4, -0.2) is 10.2 Å². The van der Waals surface area contributed by atoms with Crippen LogP contribution < -0.4 is 10.3 Å². The van der Waals surface area contributed by atoms with E-state index in [1.165, 1.54) is 6.20 Å². The van der Waals surface area contributed by atoms with E-state index in [4.69, 9.17) is 16.3 Å². The van der Waals surface area contributed by atoms with Crippen LogP contribution >= 0.6 is 27.5 Å². The summed E-state index contributed by atoms with van der Waals surface area (Å²) in [6, 6.07) is 6.81. The van der Waals surface area contributed by atoms with Gasteiger partial charge >= 0.3 is 0 Å². The molecule has 0 aliphatic carbocycles. The van der Waals surface area contributed by atoms with Crippen molar-refractivity contribution < 1.29 is 4.74 Å². The van der Waals surface area contributed by atoms with E-state index in [9.17, 15) is 4.79 Å². The van der Waals surface area contributed by atoms with E-state index in [-0.39, 0.29) is 5.56 Å². The number of H-pyrrole nitrogens is 1. The maximum atomic E-state index is 11.2. The molecule has 0 bridgehead atoms. The van der Waals surface area contributed by atoms with Gasteiger partial charge in [-0.3, -0.25) is 4.79 Å². The van der Waals surface area contributed by atoms with Crippen molar-refractivity contribution in [2.45, 2.75) is 0 Å². The summed E-state index contributed by atoms with van der Waals surface area (Å²) >= 11 is 8.86. The molecule has 0 aliphatic rings. The monoisotopic (exact) mass is 300 g/mol. The Hall–Kier alpha value is -1.33. The number of nitrogens with zero attached hydrogens (tertiary/aromatic N) is 1. The Morgan fingerprint density at radius 3 is 2.69 bits per heavy atom. The number of hydrogen-bond acceptors (Lipinski definition) is 3. The minimum Gasteiger partial charge on any atom is -0.454 e. The SMILES string of the molecule is O=c1[nH]ncc(Oc2ccc(Cl)cc2)c1Br. The lowest BCUT2D eigenvalue weighted by Crippen LogP contribution is -2.08. The summed E-state index contributed by atoms with van der Waals surface area (Å²) in [7, 11) is 0. The summed E-state index contributed by atoms with van der Waals surface area (Å²) in [6.07, 6.45) is 1.42. The van der Waals surface area contributed by atoms with Crippen molar-refractivity contribution in [2.24, 2.45) is 0 Å². The lowest BCUT2D eigenvalue weighted by atomic mass is 10.3. The van der Waals surface area contributed by atoms with Gasteiger partial charge in [0.1, 0.15) is 10.2 Å². The van der Waals surface area contributed by atoms with Crippen molar-refractivity contribution >= 4 is 27.5 Å². The van der Waals surface area contributed by atoms with E-state index in [0.29, 0.717) is 21.0 Å². The topological polar surface area (TPSA) is 55.0 Å². The van der Waals surface area contributed by atoms with Crippen molar-refractivity contribution in [1.29, 1.82) is 0 Å². The Morgan fingerprint density at radius 2 is 2.00 bits per heavy atom. The maximum absolute atomic E-state index is 11.2. The average Bonchev–Trinajstić information content (AvgIpc) is 2.28. The Labute approximate surface area is 104 Å². The van der Waals surface area contributed by atoms with E-state index in [0.717, 1.165) is 0 Å². The first-order valence-electron chi connectivity index (χ1n) is 4.33. The highest BCUT2D eigenvalue weighted by atomic mass is 79.9. The number of hydrogen-bond donors (Lipinski definition) is 1. The van der Waals surface area contributed by atoms with E-state index < -0.39 is 0 Å². The van der Waals surface area contributed by atoms with Gasteiger partial charge in [0.05, 0.1) is 6.20 Å². The van der Waals surface area contributed by atoms with Crippen molar-refractivity contribution in [1.82, 2.24) is 10.2 Å². The molecule has 82 valence electrons. The highest BCUT2D eigenvalue weighted by Gasteiger charge is 2.06. The molecule has 6 heteroatoms. The lowest BCUT2D eigenvalue weighted by molar-refractivity contribution is 0.474. The molecule has 0 aliphatic heterocycles. The summed E-state index contributed by atoms with van der Waals surface area (Å²) in [5.41, 5.74) is -0.341. The molecule has 0 unspecified atom stereocenters. The first-order valence-corrected chi connectivity index (χ1v) is 5.50. The van der Waals surface area contributed by atoms with Gasteiger partial charge in [-0.2, -0.15) is 5.10 Å². The second-order valence-electron chi connectivity index (χ2n) is 2.93.